The van der Waals surface area contributed by atoms with E-state index in [0.29, 0.717) is 27.2 Å². The van der Waals surface area contributed by atoms with Gasteiger partial charge in [-0.25, -0.2) is 4.79 Å². The Bertz CT molecular complexity index is 734. The summed E-state index contributed by atoms with van der Waals surface area (Å²) in [7, 11) is 0. The van der Waals surface area contributed by atoms with Crippen LogP contribution in [0, 0.1) is 6.92 Å². The molecule has 0 bridgehead atoms. The van der Waals surface area contributed by atoms with Crippen molar-refractivity contribution < 1.29 is 19.1 Å². The number of nitrogens with zero attached hydrogens (tertiary/aromatic N) is 1. The number of fused-ring (bicyclic) bond motifs is 1. The van der Waals surface area contributed by atoms with Gasteiger partial charge in [-0.05, 0) is 54.2 Å². The molecule has 0 aliphatic carbocycles. The van der Waals surface area contributed by atoms with Crippen molar-refractivity contribution >= 4 is 38.6 Å². The number of rotatable bonds is 4. The van der Waals surface area contributed by atoms with E-state index in [2.05, 4.69) is 27.8 Å². The minimum absolute atomic E-state index is 0.317. The molecule has 0 saturated carbocycles. The highest BCUT2D eigenvalue weighted by molar-refractivity contribution is 9.10. The van der Waals surface area contributed by atoms with Crippen molar-refractivity contribution in [3.63, 3.8) is 0 Å². The average Bonchev–Trinajstić information content (AvgIpc) is 2.88. The molecule has 2 aromatic rings. The molecular weight excluding hydrogens is 362 g/mol. The second-order valence-corrected chi connectivity index (χ2v) is 6.57. The maximum Gasteiger partial charge on any atom is 0.336 e. The van der Waals surface area contributed by atoms with Crippen LogP contribution in [-0.4, -0.2) is 36.9 Å². The lowest BCUT2D eigenvalue weighted by atomic mass is 9.99. The summed E-state index contributed by atoms with van der Waals surface area (Å²) in [6.07, 6.45) is 1.91. The van der Waals surface area contributed by atoms with E-state index in [1.54, 1.807) is 6.07 Å². The SMILES string of the molecule is CCN(c1cc2oc(Br)cc2c(C(=O)O)c1C)C1CCOCC1. The number of hydrogen-bond acceptors (Lipinski definition) is 4. The minimum Gasteiger partial charge on any atom is -0.478 e. The Morgan fingerprint density at radius 2 is 2.09 bits per heavy atom. The average molecular weight is 382 g/mol. The Hall–Kier alpha value is -1.53. The molecule has 0 atom stereocenters. The molecule has 5 nitrogen and oxygen atoms in total. The summed E-state index contributed by atoms with van der Waals surface area (Å²) in [5.41, 5.74) is 2.63. The first-order valence-electron chi connectivity index (χ1n) is 7.83. The lowest BCUT2D eigenvalue weighted by molar-refractivity contribution is 0.0698. The highest BCUT2D eigenvalue weighted by Crippen LogP contribution is 2.36. The van der Waals surface area contributed by atoms with Crippen LogP contribution in [0.5, 0.6) is 0 Å². The molecule has 0 amide bonds. The molecule has 6 heteroatoms. The van der Waals surface area contributed by atoms with E-state index >= 15 is 0 Å². The van der Waals surface area contributed by atoms with Gasteiger partial charge in [0.05, 0.1) is 5.56 Å². The van der Waals surface area contributed by atoms with Crippen LogP contribution >= 0.6 is 15.9 Å². The summed E-state index contributed by atoms with van der Waals surface area (Å²) < 4.78 is 11.6. The predicted octanol–water partition coefficient (Wildman–Crippen LogP) is 4.21. The van der Waals surface area contributed by atoms with Crippen molar-refractivity contribution in [2.45, 2.75) is 32.7 Å². The fourth-order valence-corrected chi connectivity index (χ4v) is 3.84. The second-order valence-electron chi connectivity index (χ2n) is 5.79. The van der Waals surface area contributed by atoms with Gasteiger partial charge in [0.2, 0.25) is 0 Å². The van der Waals surface area contributed by atoms with Crippen LogP contribution in [0.4, 0.5) is 5.69 Å². The molecule has 124 valence electrons. The number of hydrogen-bond donors (Lipinski definition) is 1. The number of anilines is 1. The first kappa shape index (κ1) is 16.3. The van der Waals surface area contributed by atoms with Crippen molar-refractivity contribution in [1.29, 1.82) is 0 Å². The molecule has 1 aromatic carbocycles. The number of benzene rings is 1. The third-order valence-corrected chi connectivity index (χ3v) is 4.91. The van der Waals surface area contributed by atoms with Gasteiger partial charge in [-0.1, -0.05) is 0 Å². The van der Waals surface area contributed by atoms with Gasteiger partial charge in [0.15, 0.2) is 4.67 Å². The number of carboxylic acid groups (broad SMARTS) is 1. The number of carboxylic acids is 1. The van der Waals surface area contributed by atoms with Crippen LogP contribution < -0.4 is 4.90 Å². The van der Waals surface area contributed by atoms with Gasteiger partial charge < -0.3 is 19.2 Å². The van der Waals surface area contributed by atoms with Crippen molar-refractivity contribution in [3.8, 4) is 0 Å². The van der Waals surface area contributed by atoms with Crippen LogP contribution in [0.25, 0.3) is 11.0 Å². The normalized spacial score (nSPS) is 16.0. The highest BCUT2D eigenvalue weighted by atomic mass is 79.9. The van der Waals surface area contributed by atoms with Crippen LogP contribution in [0.3, 0.4) is 0 Å². The molecular formula is C17H20BrNO4. The molecule has 1 aliphatic rings. The number of aromatic carboxylic acids is 1. The highest BCUT2D eigenvalue weighted by Gasteiger charge is 2.26. The lowest BCUT2D eigenvalue weighted by Gasteiger charge is -2.36. The third-order valence-electron chi connectivity index (χ3n) is 4.52. The second kappa shape index (κ2) is 6.53. The summed E-state index contributed by atoms with van der Waals surface area (Å²) in [4.78, 5) is 14.1. The Morgan fingerprint density at radius 1 is 1.39 bits per heavy atom. The van der Waals surface area contributed by atoms with Gasteiger partial charge in [0.1, 0.15) is 5.58 Å². The van der Waals surface area contributed by atoms with Crippen LogP contribution in [0.2, 0.25) is 0 Å². The fourth-order valence-electron chi connectivity index (χ4n) is 3.44. The predicted molar refractivity (Wildman–Crippen MR) is 92.5 cm³/mol. The van der Waals surface area contributed by atoms with Crippen LogP contribution in [-0.2, 0) is 4.74 Å². The summed E-state index contributed by atoms with van der Waals surface area (Å²) in [5, 5.41) is 10.3. The van der Waals surface area contributed by atoms with E-state index in [1.807, 2.05) is 13.0 Å². The van der Waals surface area contributed by atoms with E-state index in [9.17, 15) is 9.90 Å². The molecule has 0 unspecified atom stereocenters. The molecule has 0 radical (unpaired) electrons. The first-order chi connectivity index (χ1) is 11.0. The van der Waals surface area contributed by atoms with Gasteiger partial charge in [-0.15, -0.1) is 0 Å². The van der Waals surface area contributed by atoms with Crippen molar-refractivity contribution in [2.24, 2.45) is 0 Å². The molecule has 0 spiro atoms. The molecule has 1 aromatic heterocycles. The topological polar surface area (TPSA) is 62.9 Å². The molecule has 1 N–H and O–H groups in total. The maximum absolute atomic E-state index is 11.8. The van der Waals surface area contributed by atoms with Crippen molar-refractivity contribution in [1.82, 2.24) is 0 Å². The van der Waals surface area contributed by atoms with Gasteiger partial charge in [0, 0.05) is 42.9 Å². The van der Waals surface area contributed by atoms with Gasteiger partial charge >= 0.3 is 5.97 Å². The quantitative estimate of drug-likeness (QED) is 0.859. The summed E-state index contributed by atoms with van der Waals surface area (Å²) in [6, 6.07) is 4.05. The summed E-state index contributed by atoms with van der Waals surface area (Å²) in [6.45, 7) is 6.29. The van der Waals surface area contributed by atoms with Gasteiger partial charge in [-0.2, -0.15) is 0 Å². The number of furan rings is 1. The van der Waals surface area contributed by atoms with E-state index in [-0.39, 0.29) is 0 Å². The van der Waals surface area contributed by atoms with E-state index in [1.165, 1.54) is 0 Å². The van der Waals surface area contributed by atoms with Gasteiger partial charge in [0.25, 0.3) is 0 Å². The molecule has 2 heterocycles. The van der Waals surface area contributed by atoms with Crippen molar-refractivity contribution in [3.05, 3.63) is 27.9 Å². The molecule has 1 saturated heterocycles. The number of ether oxygens (including phenoxy) is 1. The molecule has 23 heavy (non-hydrogen) atoms. The molecule has 1 fully saturated rings. The van der Waals surface area contributed by atoms with E-state index < -0.39 is 5.97 Å². The minimum atomic E-state index is -0.925. The van der Waals surface area contributed by atoms with Crippen molar-refractivity contribution in [2.75, 3.05) is 24.7 Å². The fraction of sp³-hybridized carbons (Fsp3) is 0.471. The molecule has 3 rings (SSSR count). The zero-order chi connectivity index (χ0) is 16.6. The Morgan fingerprint density at radius 3 is 2.70 bits per heavy atom. The standard InChI is InChI=1S/C17H20BrNO4/c1-3-19(11-4-6-22-7-5-11)13-9-14-12(8-15(18)23-14)16(10(13)2)17(20)21/h8-9,11H,3-7H2,1-2H3,(H,20,21). The van der Waals surface area contributed by atoms with Crippen LogP contribution in [0.1, 0.15) is 35.7 Å². The lowest BCUT2D eigenvalue weighted by Crippen LogP contribution is -2.40. The number of carbonyl (C=O) groups is 1. The zero-order valence-electron chi connectivity index (χ0n) is 13.3. The Balaban J connectivity index is 2.15. The van der Waals surface area contributed by atoms with E-state index in [4.69, 9.17) is 9.15 Å². The largest absolute Gasteiger partial charge is 0.478 e. The Kier molecular flexibility index (Phi) is 4.64. The monoisotopic (exact) mass is 381 g/mol. The Labute approximate surface area is 143 Å². The maximum atomic E-state index is 11.8. The van der Waals surface area contributed by atoms with E-state index in [0.717, 1.165) is 43.9 Å². The summed E-state index contributed by atoms with van der Waals surface area (Å²) >= 11 is 3.30. The number of halogens is 1. The summed E-state index contributed by atoms with van der Waals surface area (Å²) in [5.74, 6) is -0.925. The first-order valence-corrected chi connectivity index (χ1v) is 8.62. The van der Waals surface area contributed by atoms with Crippen LogP contribution in [0.15, 0.2) is 21.2 Å². The smallest absolute Gasteiger partial charge is 0.336 e. The van der Waals surface area contributed by atoms with Gasteiger partial charge in [-0.3, -0.25) is 0 Å². The zero-order valence-corrected chi connectivity index (χ0v) is 14.9. The third kappa shape index (κ3) is 2.97. The molecule has 1 aliphatic heterocycles.